The Morgan fingerprint density at radius 1 is 1.50 bits per heavy atom. The second-order valence-electron chi connectivity index (χ2n) is 3.41. The highest BCUT2D eigenvalue weighted by Crippen LogP contribution is 2.23. The third-order valence-corrected chi connectivity index (χ3v) is 2.17. The normalized spacial score (nSPS) is 10.1. The summed E-state index contributed by atoms with van der Waals surface area (Å²) in [6.45, 7) is 6.01. The summed E-state index contributed by atoms with van der Waals surface area (Å²) >= 11 is 0. The van der Waals surface area contributed by atoms with E-state index in [4.69, 9.17) is 4.74 Å². The Hall–Kier alpha value is -1.62. The Morgan fingerprint density at radius 2 is 2.25 bits per heavy atom. The average Bonchev–Trinajstić information content (AvgIpc) is 2.26. The Labute approximate surface area is 94.6 Å². The van der Waals surface area contributed by atoms with E-state index in [9.17, 15) is 10.1 Å². The van der Waals surface area contributed by atoms with Crippen LogP contribution in [0.3, 0.4) is 0 Å². The van der Waals surface area contributed by atoms with Crippen molar-refractivity contribution < 1.29 is 9.66 Å². The first-order valence-corrected chi connectivity index (χ1v) is 5.23. The summed E-state index contributed by atoms with van der Waals surface area (Å²) in [4.78, 5) is 10.2. The lowest BCUT2D eigenvalue weighted by Gasteiger charge is -2.08. The number of hydrogen-bond donors (Lipinski definition) is 1. The molecule has 0 aliphatic rings. The fourth-order valence-electron chi connectivity index (χ4n) is 1.27. The fourth-order valence-corrected chi connectivity index (χ4v) is 1.27. The smallest absolute Gasteiger partial charge is 0.273 e. The Balaban J connectivity index is 2.63. The van der Waals surface area contributed by atoms with Crippen molar-refractivity contribution in [2.45, 2.75) is 13.8 Å². The number of nitro benzene ring substituents is 1. The molecule has 0 saturated heterocycles. The molecule has 0 aromatic heterocycles. The van der Waals surface area contributed by atoms with E-state index in [-0.39, 0.29) is 5.69 Å². The van der Waals surface area contributed by atoms with Gasteiger partial charge in [-0.1, -0.05) is 6.92 Å². The molecule has 5 nitrogen and oxygen atoms in total. The number of nitro groups is 1. The number of rotatable bonds is 6. The molecule has 0 heterocycles. The van der Waals surface area contributed by atoms with Crippen molar-refractivity contribution >= 4 is 5.69 Å². The van der Waals surface area contributed by atoms with E-state index < -0.39 is 4.92 Å². The van der Waals surface area contributed by atoms with Crippen LogP contribution in [0.1, 0.15) is 12.5 Å². The highest BCUT2D eigenvalue weighted by atomic mass is 16.6. The van der Waals surface area contributed by atoms with Crippen LogP contribution >= 0.6 is 0 Å². The summed E-state index contributed by atoms with van der Waals surface area (Å²) < 4.78 is 5.46. The van der Waals surface area contributed by atoms with Crippen LogP contribution in [0.5, 0.6) is 5.75 Å². The summed E-state index contributed by atoms with van der Waals surface area (Å²) in [6.07, 6.45) is 0. The number of benzene rings is 1. The molecule has 1 aromatic rings. The van der Waals surface area contributed by atoms with Crippen LogP contribution in [0.25, 0.3) is 0 Å². The maximum Gasteiger partial charge on any atom is 0.273 e. The summed E-state index contributed by atoms with van der Waals surface area (Å²) in [6, 6.07) is 4.63. The Kier molecular flexibility index (Phi) is 4.72. The van der Waals surface area contributed by atoms with Crippen LogP contribution in [0.15, 0.2) is 18.2 Å². The predicted octanol–water partition coefficient (Wildman–Crippen LogP) is 1.89. The van der Waals surface area contributed by atoms with Crippen LogP contribution in [-0.4, -0.2) is 24.6 Å². The third-order valence-electron chi connectivity index (χ3n) is 2.17. The van der Waals surface area contributed by atoms with Crippen molar-refractivity contribution in [3.8, 4) is 5.75 Å². The van der Waals surface area contributed by atoms with E-state index >= 15 is 0 Å². The largest absolute Gasteiger partial charge is 0.492 e. The van der Waals surface area contributed by atoms with Gasteiger partial charge < -0.3 is 10.1 Å². The summed E-state index contributed by atoms with van der Waals surface area (Å²) in [5.41, 5.74) is 0.964. The van der Waals surface area contributed by atoms with E-state index in [2.05, 4.69) is 5.32 Å². The zero-order valence-electron chi connectivity index (χ0n) is 9.53. The van der Waals surface area contributed by atoms with Gasteiger partial charge in [0.05, 0.1) is 11.0 Å². The molecule has 0 amide bonds. The average molecular weight is 224 g/mol. The van der Waals surface area contributed by atoms with Gasteiger partial charge in [-0.05, 0) is 25.1 Å². The molecule has 0 aliphatic heterocycles. The van der Waals surface area contributed by atoms with E-state index in [0.29, 0.717) is 12.4 Å². The zero-order valence-corrected chi connectivity index (χ0v) is 9.53. The Morgan fingerprint density at radius 3 is 2.88 bits per heavy atom. The topological polar surface area (TPSA) is 64.4 Å². The molecular formula is C11H16N2O3. The SMILES string of the molecule is CCNCCOc1cc([N+](=O)[O-])ccc1C. The van der Waals surface area contributed by atoms with Gasteiger partial charge in [0.1, 0.15) is 12.4 Å². The maximum atomic E-state index is 10.6. The van der Waals surface area contributed by atoms with Crippen molar-refractivity contribution in [1.29, 1.82) is 0 Å². The van der Waals surface area contributed by atoms with E-state index in [1.54, 1.807) is 6.07 Å². The van der Waals surface area contributed by atoms with Gasteiger partial charge in [0.15, 0.2) is 0 Å². The number of ether oxygens (including phenoxy) is 1. The van der Waals surface area contributed by atoms with Crippen LogP contribution in [0.2, 0.25) is 0 Å². The molecule has 1 aromatic carbocycles. The summed E-state index contributed by atoms with van der Waals surface area (Å²) in [7, 11) is 0. The molecule has 0 bridgehead atoms. The molecule has 88 valence electrons. The van der Waals surface area contributed by atoms with Crippen LogP contribution in [0.4, 0.5) is 5.69 Å². The lowest BCUT2D eigenvalue weighted by atomic mass is 10.2. The fraction of sp³-hybridized carbons (Fsp3) is 0.455. The van der Waals surface area contributed by atoms with Gasteiger partial charge in [0, 0.05) is 12.6 Å². The van der Waals surface area contributed by atoms with Crippen molar-refractivity contribution in [3.63, 3.8) is 0 Å². The first-order chi connectivity index (χ1) is 7.65. The number of non-ortho nitro benzene ring substituents is 1. The van der Waals surface area contributed by atoms with Gasteiger partial charge in [-0.25, -0.2) is 0 Å². The molecule has 16 heavy (non-hydrogen) atoms. The third kappa shape index (κ3) is 3.51. The second kappa shape index (κ2) is 6.07. The van der Waals surface area contributed by atoms with Gasteiger partial charge >= 0.3 is 0 Å². The molecule has 0 saturated carbocycles. The number of nitrogens with one attached hydrogen (secondary N) is 1. The highest BCUT2D eigenvalue weighted by molar-refractivity contribution is 5.43. The number of likely N-dealkylation sites (N-methyl/N-ethyl adjacent to an activating group) is 1. The second-order valence-corrected chi connectivity index (χ2v) is 3.41. The molecule has 0 fully saturated rings. The summed E-state index contributed by atoms with van der Waals surface area (Å²) in [5.74, 6) is 0.576. The van der Waals surface area contributed by atoms with Crippen molar-refractivity contribution in [1.82, 2.24) is 5.32 Å². The monoisotopic (exact) mass is 224 g/mol. The van der Waals surface area contributed by atoms with Crippen molar-refractivity contribution in [2.75, 3.05) is 19.7 Å². The standard InChI is InChI=1S/C11H16N2O3/c1-3-12-6-7-16-11-8-10(13(14)15)5-4-9(11)2/h4-5,8,12H,3,6-7H2,1-2H3. The minimum Gasteiger partial charge on any atom is -0.492 e. The molecular weight excluding hydrogens is 208 g/mol. The number of nitrogens with zero attached hydrogens (tertiary/aromatic N) is 1. The lowest BCUT2D eigenvalue weighted by Crippen LogP contribution is -2.20. The molecule has 1 rings (SSSR count). The molecule has 0 unspecified atom stereocenters. The van der Waals surface area contributed by atoms with Crippen LogP contribution < -0.4 is 10.1 Å². The van der Waals surface area contributed by atoms with Crippen molar-refractivity contribution in [2.24, 2.45) is 0 Å². The van der Waals surface area contributed by atoms with Crippen molar-refractivity contribution in [3.05, 3.63) is 33.9 Å². The van der Waals surface area contributed by atoms with Gasteiger partial charge in [-0.15, -0.1) is 0 Å². The number of hydrogen-bond acceptors (Lipinski definition) is 4. The number of aryl methyl sites for hydroxylation is 1. The van der Waals surface area contributed by atoms with Gasteiger partial charge in [-0.2, -0.15) is 0 Å². The van der Waals surface area contributed by atoms with E-state index in [1.807, 2.05) is 13.8 Å². The molecule has 0 spiro atoms. The van der Waals surface area contributed by atoms with Gasteiger partial charge in [0.2, 0.25) is 0 Å². The molecule has 5 heteroatoms. The van der Waals surface area contributed by atoms with Crippen LogP contribution in [-0.2, 0) is 0 Å². The van der Waals surface area contributed by atoms with E-state index in [1.165, 1.54) is 12.1 Å². The predicted molar refractivity (Wildman–Crippen MR) is 61.9 cm³/mol. The van der Waals surface area contributed by atoms with Gasteiger partial charge in [-0.3, -0.25) is 10.1 Å². The first kappa shape index (κ1) is 12.4. The molecule has 0 aliphatic carbocycles. The molecule has 0 atom stereocenters. The minimum atomic E-state index is -0.420. The zero-order chi connectivity index (χ0) is 12.0. The maximum absolute atomic E-state index is 10.6. The minimum absolute atomic E-state index is 0.0593. The van der Waals surface area contributed by atoms with Gasteiger partial charge in [0.25, 0.3) is 5.69 Å². The van der Waals surface area contributed by atoms with E-state index in [0.717, 1.165) is 18.7 Å². The highest BCUT2D eigenvalue weighted by Gasteiger charge is 2.09. The quantitative estimate of drug-likeness (QED) is 0.455. The van der Waals surface area contributed by atoms with Crippen LogP contribution in [0, 0.1) is 17.0 Å². The molecule has 1 N–H and O–H groups in total. The first-order valence-electron chi connectivity index (χ1n) is 5.23. The summed E-state index contributed by atoms with van der Waals surface area (Å²) in [5, 5.41) is 13.7. The molecule has 0 radical (unpaired) electrons. The Bertz CT molecular complexity index is 366. The lowest BCUT2D eigenvalue weighted by molar-refractivity contribution is -0.384.